The maximum absolute atomic E-state index is 6.11. The van der Waals surface area contributed by atoms with Crippen molar-refractivity contribution in [2.45, 2.75) is 38.3 Å². The number of thiophene rings is 1. The molecule has 0 spiro atoms. The first-order chi connectivity index (χ1) is 10.2. The summed E-state index contributed by atoms with van der Waals surface area (Å²) in [4.78, 5) is 0. The highest BCUT2D eigenvalue weighted by molar-refractivity contribution is 7.08. The molecule has 1 saturated heterocycles. The normalized spacial score (nSPS) is 27.3. The second kappa shape index (κ2) is 5.15. The molecule has 3 heterocycles. The van der Waals surface area contributed by atoms with Gasteiger partial charge in [0.1, 0.15) is 0 Å². The third kappa shape index (κ3) is 2.19. The minimum atomic E-state index is 0.254. The molecule has 110 valence electrons. The average molecular weight is 299 g/mol. The smallest absolute Gasteiger partial charge is 0.0896 e. The summed E-state index contributed by atoms with van der Waals surface area (Å²) in [5, 5.41) is 8.19. The summed E-state index contributed by atoms with van der Waals surface area (Å²) in [5.41, 5.74) is 5.41. The molecule has 0 saturated carbocycles. The summed E-state index contributed by atoms with van der Waals surface area (Å²) < 4.78 is 6.11. The van der Waals surface area contributed by atoms with Crippen LogP contribution in [-0.2, 0) is 4.74 Å². The number of anilines is 1. The molecule has 1 aromatic heterocycles. The van der Waals surface area contributed by atoms with Gasteiger partial charge in [-0.15, -0.1) is 0 Å². The fourth-order valence-electron chi connectivity index (χ4n) is 3.63. The standard InChI is InChI=1S/C18H21NOS/c1-11(2)12-3-4-16-15(9-12)18-14(5-7-20-18)17(19-16)13-6-8-21-10-13/h3-4,6,8-11,14,17-19H,5,7H2,1-2H3/t14-,17-,18-/m0/s1. The van der Waals surface area contributed by atoms with Gasteiger partial charge in [-0.05, 0) is 46.4 Å². The van der Waals surface area contributed by atoms with Crippen molar-refractivity contribution in [1.82, 2.24) is 0 Å². The summed E-state index contributed by atoms with van der Waals surface area (Å²) in [6.45, 7) is 5.38. The average Bonchev–Trinajstić information content (AvgIpc) is 3.17. The van der Waals surface area contributed by atoms with Gasteiger partial charge in [0.25, 0.3) is 0 Å². The van der Waals surface area contributed by atoms with E-state index in [1.165, 1.54) is 22.4 Å². The summed E-state index contributed by atoms with van der Waals surface area (Å²) in [6, 6.07) is 9.46. The minimum absolute atomic E-state index is 0.254. The van der Waals surface area contributed by atoms with Crippen LogP contribution >= 0.6 is 11.3 Å². The highest BCUT2D eigenvalue weighted by Gasteiger charge is 2.41. The van der Waals surface area contributed by atoms with Crippen LogP contribution in [0.1, 0.15) is 55.0 Å². The monoisotopic (exact) mass is 299 g/mol. The molecule has 0 unspecified atom stereocenters. The van der Waals surface area contributed by atoms with Crippen molar-refractivity contribution in [2.75, 3.05) is 11.9 Å². The Kier molecular flexibility index (Phi) is 3.27. The van der Waals surface area contributed by atoms with Crippen LogP contribution in [0.5, 0.6) is 0 Å². The van der Waals surface area contributed by atoms with Gasteiger partial charge < -0.3 is 10.1 Å². The number of hydrogen-bond donors (Lipinski definition) is 1. The third-order valence-electron chi connectivity index (χ3n) is 4.83. The first-order valence-electron chi connectivity index (χ1n) is 7.78. The molecule has 4 rings (SSSR count). The topological polar surface area (TPSA) is 21.3 Å². The second-order valence-corrected chi connectivity index (χ2v) is 7.20. The molecule has 0 radical (unpaired) electrons. The van der Waals surface area contributed by atoms with E-state index in [-0.39, 0.29) is 6.10 Å². The predicted molar refractivity (Wildman–Crippen MR) is 88.0 cm³/mol. The van der Waals surface area contributed by atoms with Gasteiger partial charge in [0.2, 0.25) is 0 Å². The predicted octanol–water partition coefficient (Wildman–Crippen LogP) is 5.12. The Hall–Kier alpha value is -1.32. The number of benzene rings is 1. The largest absolute Gasteiger partial charge is 0.378 e. The van der Waals surface area contributed by atoms with Gasteiger partial charge in [0.05, 0.1) is 12.1 Å². The van der Waals surface area contributed by atoms with E-state index in [4.69, 9.17) is 4.74 Å². The molecule has 0 bridgehead atoms. The van der Waals surface area contributed by atoms with Crippen LogP contribution in [0.4, 0.5) is 5.69 Å². The molecular formula is C18H21NOS. The lowest BCUT2D eigenvalue weighted by Gasteiger charge is -2.36. The van der Waals surface area contributed by atoms with Gasteiger partial charge >= 0.3 is 0 Å². The molecule has 0 amide bonds. The Bertz CT molecular complexity index is 635. The first-order valence-corrected chi connectivity index (χ1v) is 8.72. The van der Waals surface area contributed by atoms with E-state index in [0.29, 0.717) is 17.9 Å². The molecule has 1 N–H and O–H groups in total. The minimum Gasteiger partial charge on any atom is -0.378 e. The Labute approximate surface area is 130 Å². The lowest BCUT2D eigenvalue weighted by atomic mass is 9.81. The van der Waals surface area contributed by atoms with E-state index >= 15 is 0 Å². The highest BCUT2D eigenvalue weighted by Crippen LogP contribution is 2.50. The summed E-state index contributed by atoms with van der Waals surface area (Å²) in [7, 11) is 0. The number of ether oxygens (including phenoxy) is 1. The zero-order valence-corrected chi connectivity index (χ0v) is 13.3. The molecule has 2 nitrogen and oxygen atoms in total. The van der Waals surface area contributed by atoms with Crippen LogP contribution in [0, 0.1) is 5.92 Å². The number of hydrogen-bond acceptors (Lipinski definition) is 3. The van der Waals surface area contributed by atoms with Gasteiger partial charge in [-0.25, -0.2) is 0 Å². The molecule has 21 heavy (non-hydrogen) atoms. The summed E-state index contributed by atoms with van der Waals surface area (Å²) >= 11 is 1.77. The Morgan fingerprint density at radius 3 is 2.95 bits per heavy atom. The SMILES string of the molecule is CC(C)c1ccc2c(c1)[C@H]1OCC[C@H]1[C@H](c1ccsc1)N2. The van der Waals surface area contributed by atoms with Gasteiger partial charge in [-0.2, -0.15) is 11.3 Å². The molecule has 2 aliphatic heterocycles. The van der Waals surface area contributed by atoms with Crippen LogP contribution in [0.25, 0.3) is 0 Å². The lowest BCUT2D eigenvalue weighted by Crippen LogP contribution is -2.29. The molecule has 3 atom stereocenters. The van der Waals surface area contributed by atoms with E-state index in [0.717, 1.165) is 13.0 Å². The molecule has 2 aliphatic rings. The van der Waals surface area contributed by atoms with Crippen LogP contribution in [0.2, 0.25) is 0 Å². The zero-order valence-electron chi connectivity index (χ0n) is 12.5. The van der Waals surface area contributed by atoms with E-state index in [9.17, 15) is 0 Å². The van der Waals surface area contributed by atoms with Gasteiger partial charge in [-0.3, -0.25) is 0 Å². The molecular weight excluding hydrogens is 278 g/mol. The third-order valence-corrected chi connectivity index (χ3v) is 5.53. The van der Waals surface area contributed by atoms with Gasteiger partial charge in [-0.1, -0.05) is 26.0 Å². The fourth-order valence-corrected chi connectivity index (χ4v) is 4.33. The van der Waals surface area contributed by atoms with E-state index in [2.05, 4.69) is 54.2 Å². The Morgan fingerprint density at radius 1 is 1.29 bits per heavy atom. The van der Waals surface area contributed by atoms with Crippen molar-refractivity contribution in [3.8, 4) is 0 Å². The highest BCUT2D eigenvalue weighted by atomic mass is 32.1. The molecule has 0 aliphatic carbocycles. The van der Waals surface area contributed by atoms with E-state index < -0.39 is 0 Å². The van der Waals surface area contributed by atoms with E-state index in [1.807, 2.05) is 0 Å². The van der Waals surface area contributed by atoms with Crippen molar-refractivity contribution in [2.24, 2.45) is 5.92 Å². The maximum atomic E-state index is 6.11. The zero-order chi connectivity index (χ0) is 14.4. The van der Waals surface area contributed by atoms with Crippen molar-refractivity contribution in [3.05, 3.63) is 51.7 Å². The fraction of sp³-hybridized carbons (Fsp3) is 0.444. The number of nitrogens with one attached hydrogen (secondary N) is 1. The quantitative estimate of drug-likeness (QED) is 0.831. The molecule has 1 fully saturated rings. The van der Waals surface area contributed by atoms with Crippen LogP contribution in [-0.4, -0.2) is 6.61 Å². The molecule has 2 aromatic rings. The second-order valence-electron chi connectivity index (χ2n) is 6.42. The lowest BCUT2D eigenvalue weighted by molar-refractivity contribution is 0.0829. The van der Waals surface area contributed by atoms with Crippen molar-refractivity contribution in [3.63, 3.8) is 0 Å². The maximum Gasteiger partial charge on any atom is 0.0896 e. The van der Waals surface area contributed by atoms with Crippen LogP contribution in [0.3, 0.4) is 0 Å². The number of rotatable bonds is 2. The first kappa shape index (κ1) is 13.4. The summed E-state index contributed by atoms with van der Waals surface area (Å²) in [5.74, 6) is 1.11. The van der Waals surface area contributed by atoms with Crippen LogP contribution in [0.15, 0.2) is 35.0 Å². The van der Waals surface area contributed by atoms with Crippen molar-refractivity contribution >= 4 is 17.0 Å². The Morgan fingerprint density at radius 2 is 2.19 bits per heavy atom. The Balaban J connectivity index is 1.77. The van der Waals surface area contributed by atoms with Crippen molar-refractivity contribution in [1.29, 1.82) is 0 Å². The van der Waals surface area contributed by atoms with E-state index in [1.54, 1.807) is 11.3 Å². The molecule has 3 heteroatoms. The summed E-state index contributed by atoms with van der Waals surface area (Å²) in [6.07, 6.45) is 1.40. The van der Waals surface area contributed by atoms with Crippen LogP contribution < -0.4 is 5.32 Å². The number of fused-ring (bicyclic) bond motifs is 3. The van der Waals surface area contributed by atoms with Gasteiger partial charge in [0, 0.05) is 23.8 Å². The van der Waals surface area contributed by atoms with Gasteiger partial charge in [0.15, 0.2) is 0 Å². The molecule has 1 aromatic carbocycles. The van der Waals surface area contributed by atoms with Crippen molar-refractivity contribution < 1.29 is 4.74 Å².